The van der Waals surface area contributed by atoms with E-state index in [0.29, 0.717) is 18.4 Å². The monoisotopic (exact) mass is 398 g/mol. The van der Waals surface area contributed by atoms with Crippen LogP contribution in [0.2, 0.25) is 0 Å². The van der Waals surface area contributed by atoms with Crippen molar-refractivity contribution < 1.29 is 18.0 Å². The lowest BCUT2D eigenvalue weighted by atomic mass is 9.87. The number of hydrogen-bond acceptors (Lipinski definition) is 3. The van der Waals surface area contributed by atoms with Gasteiger partial charge in [-0.2, -0.15) is 18.2 Å². The number of alkyl halides is 3. The van der Waals surface area contributed by atoms with Crippen LogP contribution < -0.4 is 5.32 Å². The van der Waals surface area contributed by atoms with Crippen LogP contribution in [0.5, 0.6) is 0 Å². The maximum Gasteiger partial charge on any atom is 0.392 e. The van der Waals surface area contributed by atoms with Crippen molar-refractivity contribution >= 4 is 0 Å². The maximum atomic E-state index is 13.1. The third kappa shape index (κ3) is 6.19. The Labute approximate surface area is 166 Å². The minimum absolute atomic E-state index is 0.0532. The predicted molar refractivity (Wildman–Crippen MR) is 105 cm³/mol. The molecule has 5 unspecified atom stereocenters. The summed E-state index contributed by atoms with van der Waals surface area (Å²) >= 11 is 0. The van der Waals surface area contributed by atoms with Gasteiger partial charge in [-0.1, -0.05) is 43.4 Å². The summed E-state index contributed by atoms with van der Waals surface area (Å²) in [6.07, 6.45) is 12.5. The number of halogens is 3. The van der Waals surface area contributed by atoms with Crippen molar-refractivity contribution in [3.63, 3.8) is 0 Å². The van der Waals surface area contributed by atoms with E-state index in [1.807, 2.05) is 11.1 Å². The molecule has 1 heterocycles. The van der Waals surface area contributed by atoms with Gasteiger partial charge in [0.2, 0.25) is 0 Å². The first-order chi connectivity index (χ1) is 13.4. The topological polar surface area (TPSA) is 24.5 Å². The number of rotatable bonds is 4. The zero-order valence-electron chi connectivity index (χ0n) is 16.7. The lowest BCUT2D eigenvalue weighted by Gasteiger charge is -2.37. The molecular weight excluding hydrogens is 365 g/mol. The average Bonchev–Trinajstić information content (AvgIpc) is 2.77. The van der Waals surface area contributed by atoms with Gasteiger partial charge in [0.15, 0.2) is 0 Å². The molecule has 0 aromatic heterocycles. The minimum atomic E-state index is -4.12. The van der Waals surface area contributed by atoms with Gasteiger partial charge in [0, 0.05) is 18.4 Å². The highest BCUT2D eigenvalue weighted by Crippen LogP contribution is 2.37. The van der Waals surface area contributed by atoms with Crippen molar-refractivity contribution in [1.29, 1.82) is 0 Å². The molecule has 3 nitrogen and oxygen atoms in total. The van der Waals surface area contributed by atoms with Crippen LogP contribution in [0.4, 0.5) is 13.2 Å². The Morgan fingerprint density at radius 1 is 1.11 bits per heavy atom. The van der Waals surface area contributed by atoms with Crippen LogP contribution >= 0.6 is 0 Å². The Balaban J connectivity index is 1.64. The Hall–Kier alpha value is -1.11. The van der Waals surface area contributed by atoms with E-state index >= 15 is 0 Å². The molecule has 0 amide bonds. The fraction of sp³-hybridized carbons (Fsp3) is 0.727. The zero-order chi connectivity index (χ0) is 20.0. The molecule has 0 aromatic rings. The van der Waals surface area contributed by atoms with Gasteiger partial charge in [-0.25, -0.2) is 0 Å². The molecule has 0 bridgehead atoms. The average molecular weight is 399 g/mol. The third-order valence-electron chi connectivity index (χ3n) is 6.13. The molecule has 2 aliphatic carbocycles. The highest BCUT2D eigenvalue weighted by Gasteiger charge is 2.41. The summed E-state index contributed by atoms with van der Waals surface area (Å²) < 4.78 is 39.3. The van der Waals surface area contributed by atoms with Crippen molar-refractivity contribution in [2.24, 2.45) is 23.7 Å². The number of hydroxylamine groups is 2. The Kier molecular flexibility index (Phi) is 7.77. The number of allylic oxidation sites excluding steroid dienone is 4. The summed E-state index contributed by atoms with van der Waals surface area (Å²) in [5.41, 5.74) is 0. The molecule has 28 heavy (non-hydrogen) atoms. The second kappa shape index (κ2) is 10.1. The smallest absolute Gasteiger partial charge is 0.299 e. The molecule has 1 fully saturated rings. The lowest BCUT2D eigenvalue weighted by Crippen LogP contribution is -2.51. The molecule has 3 aliphatic rings. The van der Waals surface area contributed by atoms with E-state index in [-0.39, 0.29) is 24.9 Å². The van der Waals surface area contributed by atoms with Gasteiger partial charge in [0.1, 0.15) is 0 Å². The zero-order valence-corrected chi connectivity index (χ0v) is 16.7. The molecule has 1 aliphatic heterocycles. The van der Waals surface area contributed by atoms with E-state index in [2.05, 4.69) is 36.5 Å². The number of nitrogens with zero attached hydrogens (tertiary/aromatic N) is 1. The van der Waals surface area contributed by atoms with E-state index in [4.69, 9.17) is 4.84 Å². The molecule has 3 rings (SSSR count). The standard InChI is InChI=1S/C22H33F3N2O/c1-17-7-6-13-26-21(19-9-3-2-4-10-19)27(14-12-17)28-16-18-8-5-11-20(15-18)22(23,24)25/h2-5,8-9,17-21,26H,6-7,10-16H2,1H3. The van der Waals surface area contributed by atoms with Crippen LogP contribution in [-0.2, 0) is 4.84 Å². The second-order valence-electron chi connectivity index (χ2n) is 8.48. The quantitative estimate of drug-likeness (QED) is 0.656. The van der Waals surface area contributed by atoms with Crippen LogP contribution in [0.3, 0.4) is 0 Å². The minimum Gasteiger partial charge on any atom is -0.299 e. The van der Waals surface area contributed by atoms with Gasteiger partial charge >= 0.3 is 6.18 Å². The molecular formula is C22H33F3N2O. The van der Waals surface area contributed by atoms with Gasteiger partial charge in [-0.3, -0.25) is 10.2 Å². The largest absolute Gasteiger partial charge is 0.392 e. The first-order valence-corrected chi connectivity index (χ1v) is 10.6. The predicted octanol–water partition coefficient (Wildman–Crippen LogP) is 5.23. The molecule has 0 saturated carbocycles. The summed E-state index contributed by atoms with van der Waals surface area (Å²) in [5, 5.41) is 5.66. The molecule has 6 heteroatoms. The van der Waals surface area contributed by atoms with Crippen molar-refractivity contribution in [2.75, 3.05) is 19.7 Å². The van der Waals surface area contributed by atoms with E-state index in [1.165, 1.54) is 6.42 Å². The van der Waals surface area contributed by atoms with Gasteiger partial charge in [0.25, 0.3) is 0 Å². The van der Waals surface area contributed by atoms with Crippen molar-refractivity contribution in [3.05, 3.63) is 36.5 Å². The first kappa shape index (κ1) is 21.6. The van der Waals surface area contributed by atoms with Crippen LogP contribution in [0.1, 0.15) is 45.4 Å². The summed E-state index contributed by atoms with van der Waals surface area (Å²) in [6, 6.07) is 0. The van der Waals surface area contributed by atoms with Gasteiger partial charge < -0.3 is 0 Å². The normalized spacial score (nSPS) is 35.4. The molecule has 1 N–H and O–H groups in total. The Morgan fingerprint density at radius 2 is 1.96 bits per heavy atom. The molecule has 158 valence electrons. The van der Waals surface area contributed by atoms with E-state index in [1.54, 1.807) is 6.08 Å². The van der Waals surface area contributed by atoms with Gasteiger partial charge in [-0.05, 0) is 51.0 Å². The van der Waals surface area contributed by atoms with Crippen LogP contribution in [0, 0.1) is 23.7 Å². The van der Waals surface area contributed by atoms with Crippen LogP contribution in [0.15, 0.2) is 36.5 Å². The summed E-state index contributed by atoms with van der Waals surface area (Å²) in [6.45, 7) is 4.30. The van der Waals surface area contributed by atoms with Gasteiger partial charge in [0.05, 0.1) is 18.7 Å². The molecule has 5 atom stereocenters. The Bertz CT molecular complexity index is 573. The third-order valence-corrected chi connectivity index (χ3v) is 6.13. The fourth-order valence-corrected chi connectivity index (χ4v) is 4.33. The van der Waals surface area contributed by atoms with E-state index in [9.17, 15) is 13.2 Å². The summed E-state index contributed by atoms with van der Waals surface area (Å²) in [7, 11) is 0. The van der Waals surface area contributed by atoms with Crippen molar-refractivity contribution in [2.45, 2.75) is 57.8 Å². The number of hydrogen-bond donors (Lipinski definition) is 1. The van der Waals surface area contributed by atoms with E-state index < -0.39 is 12.1 Å². The molecule has 0 radical (unpaired) electrons. The van der Waals surface area contributed by atoms with Crippen molar-refractivity contribution in [1.82, 2.24) is 10.4 Å². The highest BCUT2D eigenvalue weighted by molar-refractivity contribution is 5.12. The molecule has 1 saturated heterocycles. The Morgan fingerprint density at radius 3 is 2.71 bits per heavy atom. The van der Waals surface area contributed by atoms with Crippen molar-refractivity contribution in [3.8, 4) is 0 Å². The lowest BCUT2D eigenvalue weighted by molar-refractivity contribution is -0.214. The summed E-state index contributed by atoms with van der Waals surface area (Å²) in [4.78, 5) is 6.18. The van der Waals surface area contributed by atoms with E-state index in [0.717, 1.165) is 32.4 Å². The highest BCUT2D eigenvalue weighted by atomic mass is 19.4. The first-order valence-electron chi connectivity index (χ1n) is 10.6. The molecule has 0 spiro atoms. The maximum absolute atomic E-state index is 13.1. The SMILES string of the molecule is CC1CCCNC(C2C=CC=CC2)N(OCC2C=CCC(C(F)(F)F)C2)CC1. The van der Waals surface area contributed by atoms with Crippen LogP contribution in [-0.4, -0.2) is 37.1 Å². The second-order valence-corrected chi connectivity index (χ2v) is 8.48. The molecule has 0 aromatic carbocycles. The van der Waals surface area contributed by atoms with Crippen LogP contribution in [0.25, 0.3) is 0 Å². The van der Waals surface area contributed by atoms with Gasteiger partial charge in [-0.15, -0.1) is 0 Å². The summed E-state index contributed by atoms with van der Waals surface area (Å²) in [5.74, 6) is -0.504. The number of nitrogens with one attached hydrogen (secondary N) is 1. The fourth-order valence-electron chi connectivity index (χ4n) is 4.33.